The van der Waals surface area contributed by atoms with E-state index in [0.29, 0.717) is 6.04 Å². The SMILES string of the molecule is NC1CCCC2CN(CCOc3ccc(Br)cc3)CC12. The monoisotopic (exact) mass is 338 g/mol. The summed E-state index contributed by atoms with van der Waals surface area (Å²) in [6.07, 6.45) is 3.89. The summed E-state index contributed by atoms with van der Waals surface area (Å²) in [5.74, 6) is 2.49. The molecule has 1 heterocycles. The molecule has 1 aromatic carbocycles. The van der Waals surface area contributed by atoms with Crippen molar-refractivity contribution in [3.05, 3.63) is 28.7 Å². The predicted octanol–water partition coefficient (Wildman–Crippen LogP) is 2.89. The van der Waals surface area contributed by atoms with Crippen molar-refractivity contribution in [2.75, 3.05) is 26.2 Å². The lowest BCUT2D eigenvalue weighted by molar-refractivity contribution is 0.229. The van der Waals surface area contributed by atoms with Crippen molar-refractivity contribution in [1.29, 1.82) is 0 Å². The van der Waals surface area contributed by atoms with Gasteiger partial charge in [-0.15, -0.1) is 0 Å². The third kappa shape index (κ3) is 3.35. The van der Waals surface area contributed by atoms with Crippen LogP contribution >= 0.6 is 15.9 Å². The van der Waals surface area contributed by atoms with E-state index in [1.807, 2.05) is 24.3 Å². The maximum Gasteiger partial charge on any atom is 0.119 e. The van der Waals surface area contributed by atoms with Crippen molar-refractivity contribution >= 4 is 15.9 Å². The van der Waals surface area contributed by atoms with Crippen LogP contribution in [0.2, 0.25) is 0 Å². The highest BCUT2D eigenvalue weighted by molar-refractivity contribution is 9.10. The molecule has 2 fully saturated rings. The number of nitrogens with two attached hydrogens (primary N) is 1. The average molecular weight is 339 g/mol. The second kappa shape index (κ2) is 6.46. The van der Waals surface area contributed by atoms with Crippen LogP contribution in [-0.4, -0.2) is 37.2 Å². The van der Waals surface area contributed by atoms with Crippen LogP contribution < -0.4 is 10.5 Å². The highest BCUT2D eigenvalue weighted by atomic mass is 79.9. The molecule has 1 saturated heterocycles. The van der Waals surface area contributed by atoms with E-state index in [0.717, 1.165) is 41.8 Å². The summed E-state index contributed by atoms with van der Waals surface area (Å²) in [6, 6.07) is 8.46. The molecule has 0 spiro atoms. The molecule has 0 bridgehead atoms. The minimum atomic E-state index is 0.422. The summed E-state index contributed by atoms with van der Waals surface area (Å²) in [4.78, 5) is 2.53. The lowest BCUT2D eigenvalue weighted by Gasteiger charge is -2.29. The number of benzene rings is 1. The maximum absolute atomic E-state index is 6.25. The molecule has 1 aliphatic heterocycles. The molecule has 3 atom stereocenters. The zero-order valence-electron chi connectivity index (χ0n) is 11.8. The molecular formula is C16H23BrN2O. The van der Waals surface area contributed by atoms with Crippen molar-refractivity contribution in [2.24, 2.45) is 17.6 Å². The highest BCUT2D eigenvalue weighted by Crippen LogP contribution is 2.35. The molecule has 3 nitrogen and oxygen atoms in total. The molecule has 3 unspecified atom stereocenters. The van der Waals surface area contributed by atoms with Gasteiger partial charge in [0, 0.05) is 30.1 Å². The van der Waals surface area contributed by atoms with Crippen LogP contribution in [0.25, 0.3) is 0 Å². The molecule has 2 N–H and O–H groups in total. The van der Waals surface area contributed by atoms with Crippen LogP contribution in [0.4, 0.5) is 0 Å². The van der Waals surface area contributed by atoms with Crippen LogP contribution in [-0.2, 0) is 0 Å². The Morgan fingerprint density at radius 3 is 2.75 bits per heavy atom. The smallest absolute Gasteiger partial charge is 0.119 e. The maximum atomic E-state index is 6.25. The van der Waals surface area contributed by atoms with Crippen molar-refractivity contribution in [3.8, 4) is 5.75 Å². The number of nitrogens with zero attached hydrogens (tertiary/aromatic N) is 1. The van der Waals surface area contributed by atoms with Gasteiger partial charge in [0.15, 0.2) is 0 Å². The summed E-state index contributed by atoms with van der Waals surface area (Å²) in [6.45, 7) is 4.14. The van der Waals surface area contributed by atoms with Crippen LogP contribution in [0, 0.1) is 11.8 Å². The summed E-state index contributed by atoms with van der Waals surface area (Å²) in [5, 5.41) is 0. The van der Waals surface area contributed by atoms with Gasteiger partial charge in [0.25, 0.3) is 0 Å². The highest BCUT2D eigenvalue weighted by Gasteiger charge is 2.38. The lowest BCUT2D eigenvalue weighted by Crippen LogP contribution is -2.38. The number of halogens is 1. The standard InChI is InChI=1S/C16H23BrN2O/c17-13-4-6-14(7-5-13)20-9-8-19-10-12-2-1-3-16(18)15(12)11-19/h4-7,12,15-16H,1-3,8-11,18H2. The van der Waals surface area contributed by atoms with E-state index in [9.17, 15) is 0 Å². The zero-order chi connectivity index (χ0) is 13.9. The fraction of sp³-hybridized carbons (Fsp3) is 0.625. The van der Waals surface area contributed by atoms with Gasteiger partial charge in [-0.2, -0.15) is 0 Å². The third-order valence-electron chi connectivity index (χ3n) is 4.72. The van der Waals surface area contributed by atoms with Crippen LogP contribution in [0.1, 0.15) is 19.3 Å². The number of fused-ring (bicyclic) bond motifs is 1. The summed E-state index contributed by atoms with van der Waals surface area (Å²) >= 11 is 3.43. The first-order valence-corrected chi connectivity index (χ1v) is 8.38. The van der Waals surface area contributed by atoms with Gasteiger partial charge in [-0.25, -0.2) is 0 Å². The van der Waals surface area contributed by atoms with E-state index in [2.05, 4.69) is 20.8 Å². The van der Waals surface area contributed by atoms with E-state index >= 15 is 0 Å². The van der Waals surface area contributed by atoms with Gasteiger partial charge in [0.05, 0.1) is 0 Å². The Morgan fingerprint density at radius 2 is 2.00 bits per heavy atom. The van der Waals surface area contributed by atoms with Crippen molar-refractivity contribution in [1.82, 2.24) is 4.90 Å². The second-order valence-electron chi connectivity index (χ2n) is 6.08. The van der Waals surface area contributed by atoms with Gasteiger partial charge < -0.3 is 10.5 Å². The molecule has 3 rings (SSSR count). The lowest BCUT2D eigenvalue weighted by atomic mass is 9.78. The Morgan fingerprint density at radius 1 is 1.20 bits per heavy atom. The zero-order valence-corrected chi connectivity index (χ0v) is 13.4. The largest absolute Gasteiger partial charge is 0.492 e. The van der Waals surface area contributed by atoms with E-state index in [4.69, 9.17) is 10.5 Å². The van der Waals surface area contributed by atoms with Crippen molar-refractivity contribution in [3.63, 3.8) is 0 Å². The second-order valence-corrected chi connectivity index (χ2v) is 7.00. The fourth-order valence-electron chi connectivity index (χ4n) is 3.61. The number of hydrogen-bond acceptors (Lipinski definition) is 3. The number of hydrogen-bond donors (Lipinski definition) is 1. The Balaban J connectivity index is 1.44. The Hall–Kier alpha value is -0.580. The molecule has 1 aromatic rings. The van der Waals surface area contributed by atoms with Crippen LogP contribution in [0.15, 0.2) is 28.7 Å². The fourth-order valence-corrected chi connectivity index (χ4v) is 3.88. The van der Waals surface area contributed by atoms with Gasteiger partial charge >= 0.3 is 0 Å². The minimum Gasteiger partial charge on any atom is -0.492 e. The molecule has 1 aliphatic carbocycles. The van der Waals surface area contributed by atoms with Crippen LogP contribution in [0.3, 0.4) is 0 Å². The normalized spacial score (nSPS) is 30.2. The van der Waals surface area contributed by atoms with Crippen molar-refractivity contribution in [2.45, 2.75) is 25.3 Å². The molecule has 110 valence electrons. The minimum absolute atomic E-state index is 0.422. The van der Waals surface area contributed by atoms with Crippen LogP contribution in [0.5, 0.6) is 5.75 Å². The average Bonchev–Trinajstić information content (AvgIpc) is 2.85. The van der Waals surface area contributed by atoms with Crippen molar-refractivity contribution < 1.29 is 4.74 Å². The summed E-state index contributed by atoms with van der Waals surface area (Å²) < 4.78 is 6.90. The number of ether oxygens (including phenoxy) is 1. The molecule has 20 heavy (non-hydrogen) atoms. The van der Waals surface area contributed by atoms with Gasteiger partial charge in [-0.05, 0) is 48.9 Å². The quantitative estimate of drug-likeness (QED) is 0.917. The van der Waals surface area contributed by atoms with E-state index < -0.39 is 0 Å². The topological polar surface area (TPSA) is 38.5 Å². The Labute approximate surface area is 129 Å². The van der Waals surface area contributed by atoms with E-state index in [1.165, 1.54) is 25.8 Å². The van der Waals surface area contributed by atoms with E-state index in [-0.39, 0.29) is 0 Å². The Kier molecular flexibility index (Phi) is 4.64. The molecule has 0 radical (unpaired) electrons. The molecular weight excluding hydrogens is 316 g/mol. The molecule has 4 heteroatoms. The predicted molar refractivity (Wildman–Crippen MR) is 84.9 cm³/mol. The Bertz CT molecular complexity index is 437. The molecule has 0 aromatic heterocycles. The van der Waals surface area contributed by atoms with Gasteiger partial charge in [-0.1, -0.05) is 22.4 Å². The van der Waals surface area contributed by atoms with Gasteiger partial charge in [-0.3, -0.25) is 4.90 Å². The first-order chi connectivity index (χ1) is 9.72. The number of likely N-dealkylation sites (tertiary alicyclic amines) is 1. The molecule has 1 saturated carbocycles. The van der Waals surface area contributed by atoms with Gasteiger partial charge in [0.1, 0.15) is 12.4 Å². The van der Waals surface area contributed by atoms with E-state index in [1.54, 1.807) is 0 Å². The first-order valence-electron chi connectivity index (χ1n) is 7.58. The number of rotatable bonds is 4. The summed E-state index contributed by atoms with van der Waals surface area (Å²) in [7, 11) is 0. The first kappa shape index (κ1) is 14.4. The van der Waals surface area contributed by atoms with Gasteiger partial charge in [0.2, 0.25) is 0 Å². The summed E-state index contributed by atoms with van der Waals surface area (Å²) in [5.41, 5.74) is 6.25. The third-order valence-corrected chi connectivity index (χ3v) is 5.25. The molecule has 2 aliphatic rings. The molecule has 0 amide bonds.